The lowest BCUT2D eigenvalue weighted by Crippen LogP contribution is -2.05. The Balaban J connectivity index is 1.93. The fourth-order valence-corrected chi connectivity index (χ4v) is 3.74. The van der Waals surface area contributed by atoms with Crippen LogP contribution >= 0.6 is 0 Å². The smallest absolute Gasteiger partial charge is 0.115 e. The van der Waals surface area contributed by atoms with Crippen LogP contribution in [0.25, 0.3) is 5.57 Å². The maximum atomic E-state index is 9.69. The Morgan fingerprint density at radius 2 is 1.17 bits per heavy atom. The molecular weight excluding hydrogens is 360 g/mol. The van der Waals surface area contributed by atoms with E-state index in [4.69, 9.17) is 0 Å². The molecule has 0 bridgehead atoms. The van der Waals surface area contributed by atoms with Crippen LogP contribution in [0.3, 0.4) is 0 Å². The molecule has 0 radical (unpaired) electrons. The molecule has 3 heteroatoms. The molecule has 0 spiro atoms. The summed E-state index contributed by atoms with van der Waals surface area (Å²) in [6, 6.07) is 22.1. The third kappa shape index (κ3) is 5.41. The first-order chi connectivity index (χ1) is 14.0. The Morgan fingerprint density at radius 3 is 1.66 bits per heavy atom. The van der Waals surface area contributed by atoms with E-state index in [1.807, 2.05) is 36.4 Å². The average molecular weight is 389 g/mol. The highest BCUT2D eigenvalue weighted by atomic mass is 16.3. The van der Waals surface area contributed by atoms with Gasteiger partial charge < -0.3 is 15.3 Å². The van der Waals surface area contributed by atoms with E-state index in [1.54, 1.807) is 36.4 Å². The van der Waals surface area contributed by atoms with Gasteiger partial charge in [-0.2, -0.15) is 0 Å². The van der Waals surface area contributed by atoms with Crippen LogP contribution in [0.1, 0.15) is 55.2 Å². The number of phenolic OH excluding ortho intramolecular Hbond substituents is 3. The van der Waals surface area contributed by atoms with Crippen LogP contribution in [0.2, 0.25) is 0 Å². The van der Waals surface area contributed by atoms with Crippen molar-refractivity contribution in [1.82, 2.24) is 0 Å². The molecule has 0 aromatic heterocycles. The zero-order valence-electron chi connectivity index (χ0n) is 16.9. The second-order valence-corrected chi connectivity index (χ2v) is 7.53. The van der Waals surface area contributed by atoms with Crippen LogP contribution in [0.5, 0.6) is 17.2 Å². The molecule has 0 heterocycles. The lowest BCUT2D eigenvalue weighted by molar-refractivity contribution is 0.474. The number of allylic oxidation sites excluding steroid dienone is 2. The van der Waals surface area contributed by atoms with Crippen molar-refractivity contribution in [2.75, 3.05) is 0 Å². The quantitative estimate of drug-likeness (QED) is 0.429. The van der Waals surface area contributed by atoms with Crippen molar-refractivity contribution < 1.29 is 15.3 Å². The topological polar surface area (TPSA) is 60.7 Å². The summed E-state index contributed by atoms with van der Waals surface area (Å²) in [7, 11) is 0. The SMILES string of the molecule is CCC(CC(C=C(C)c1ccc(O)cc1)c1ccc(O)cc1)c1ccc(O)cc1. The fourth-order valence-electron chi connectivity index (χ4n) is 3.74. The third-order valence-corrected chi connectivity index (χ3v) is 5.49. The van der Waals surface area contributed by atoms with E-state index in [2.05, 4.69) is 19.9 Å². The van der Waals surface area contributed by atoms with Gasteiger partial charge in [-0.05, 0) is 84.3 Å². The molecule has 0 aliphatic rings. The summed E-state index contributed by atoms with van der Waals surface area (Å²) in [6.45, 7) is 4.27. The van der Waals surface area contributed by atoms with E-state index in [0.717, 1.165) is 29.5 Å². The highest BCUT2D eigenvalue weighted by Gasteiger charge is 2.18. The minimum absolute atomic E-state index is 0.170. The molecule has 3 nitrogen and oxygen atoms in total. The lowest BCUT2D eigenvalue weighted by atomic mass is 9.82. The molecule has 2 unspecified atom stereocenters. The Labute approximate surface area is 172 Å². The highest BCUT2D eigenvalue weighted by Crippen LogP contribution is 2.36. The van der Waals surface area contributed by atoms with Crippen molar-refractivity contribution in [1.29, 1.82) is 0 Å². The van der Waals surface area contributed by atoms with E-state index >= 15 is 0 Å². The molecule has 3 aromatic rings. The maximum Gasteiger partial charge on any atom is 0.115 e. The predicted octanol–water partition coefficient (Wildman–Crippen LogP) is 6.57. The normalized spacial score (nSPS) is 13.8. The Hall–Kier alpha value is -3.20. The molecule has 0 fully saturated rings. The zero-order valence-corrected chi connectivity index (χ0v) is 16.9. The second-order valence-electron chi connectivity index (χ2n) is 7.53. The zero-order chi connectivity index (χ0) is 20.8. The summed E-state index contributed by atoms with van der Waals surface area (Å²) in [4.78, 5) is 0. The molecule has 0 amide bonds. The van der Waals surface area contributed by atoms with E-state index in [1.165, 1.54) is 5.56 Å². The molecule has 2 atom stereocenters. The summed E-state index contributed by atoms with van der Waals surface area (Å²) >= 11 is 0. The number of hydrogen-bond donors (Lipinski definition) is 3. The van der Waals surface area contributed by atoms with E-state index in [9.17, 15) is 15.3 Å². The summed E-state index contributed by atoms with van der Waals surface area (Å²) in [5.41, 5.74) is 4.58. The first-order valence-electron chi connectivity index (χ1n) is 10.0. The minimum Gasteiger partial charge on any atom is -0.508 e. The molecular formula is C26H28O3. The summed E-state index contributed by atoms with van der Waals surface area (Å²) in [6.07, 6.45) is 4.18. The van der Waals surface area contributed by atoms with Crippen molar-refractivity contribution in [2.45, 2.75) is 38.5 Å². The molecule has 3 rings (SSSR count). The van der Waals surface area contributed by atoms with Gasteiger partial charge in [-0.3, -0.25) is 0 Å². The molecule has 0 aliphatic carbocycles. The average Bonchev–Trinajstić information content (AvgIpc) is 2.73. The van der Waals surface area contributed by atoms with E-state index in [0.29, 0.717) is 5.92 Å². The molecule has 0 aliphatic heterocycles. The van der Waals surface area contributed by atoms with E-state index < -0.39 is 0 Å². The summed E-state index contributed by atoms with van der Waals surface area (Å²) in [5, 5.41) is 28.9. The fraction of sp³-hybridized carbons (Fsp3) is 0.231. The first kappa shape index (κ1) is 20.5. The van der Waals surface area contributed by atoms with Gasteiger partial charge in [0.1, 0.15) is 17.2 Å². The van der Waals surface area contributed by atoms with Crippen LogP contribution in [0.4, 0.5) is 0 Å². The summed E-state index contributed by atoms with van der Waals surface area (Å²) in [5.74, 6) is 1.32. The Kier molecular flexibility index (Phi) is 6.61. The van der Waals surface area contributed by atoms with Crippen LogP contribution in [-0.2, 0) is 0 Å². The van der Waals surface area contributed by atoms with Gasteiger partial charge in [0.2, 0.25) is 0 Å². The first-order valence-corrected chi connectivity index (χ1v) is 10.0. The second kappa shape index (κ2) is 9.33. The van der Waals surface area contributed by atoms with Gasteiger partial charge in [-0.15, -0.1) is 0 Å². The third-order valence-electron chi connectivity index (χ3n) is 5.49. The van der Waals surface area contributed by atoms with Crippen molar-refractivity contribution in [3.05, 3.63) is 95.6 Å². The minimum atomic E-state index is 0.170. The number of aromatic hydroxyl groups is 3. The molecule has 0 saturated heterocycles. The molecule has 3 aromatic carbocycles. The Bertz CT molecular complexity index is 939. The molecule has 29 heavy (non-hydrogen) atoms. The van der Waals surface area contributed by atoms with Crippen LogP contribution < -0.4 is 0 Å². The number of hydrogen-bond acceptors (Lipinski definition) is 3. The monoisotopic (exact) mass is 388 g/mol. The van der Waals surface area contributed by atoms with Gasteiger partial charge in [0.05, 0.1) is 0 Å². The molecule has 150 valence electrons. The van der Waals surface area contributed by atoms with Gasteiger partial charge in [-0.25, -0.2) is 0 Å². The maximum absolute atomic E-state index is 9.69. The van der Waals surface area contributed by atoms with Crippen LogP contribution in [0, 0.1) is 0 Å². The van der Waals surface area contributed by atoms with Crippen molar-refractivity contribution in [3.63, 3.8) is 0 Å². The number of phenols is 3. The lowest BCUT2D eigenvalue weighted by Gasteiger charge is -2.22. The van der Waals surface area contributed by atoms with Gasteiger partial charge in [0.15, 0.2) is 0 Å². The predicted molar refractivity (Wildman–Crippen MR) is 118 cm³/mol. The highest BCUT2D eigenvalue weighted by molar-refractivity contribution is 5.65. The van der Waals surface area contributed by atoms with Gasteiger partial charge in [0, 0.05) is 5.92 Å². The summed E-state index contributed by atoms with van der Waals surface area (Å²) < 4.78 is 0. The van der Waals surface area contributed by atoms with Crippen LogP contribution in [-0.4, -0.2) is 15.3 Å². The van der Waals surface area contributed by atoms with Gasteiger partial charge >= 0.3 is 0 Å². The van der Waals surface area contributed by atoms with Crippen molar-refractivity contribution in [3.8, 4) is 17.2 Å². The molecule has 3 N–H and O–H groups in total. The number of benzene rings is 3. The molecule has 0 saturated carbocycles. The Morgan fingerprint density at radius 1 is 0.724 bits per heavy atom. The largest absolute Gasteiger partial charge is 0.508 e. The van der Waals surface area contributed by atoms with Gasteiger partial charge in [0.25, 0.3) is 0 Å². The van der Waals surface area contributed by atoms with Gasteiger partial charge in [-0.1, -0.05) is 49.4 Å². The van der Waals surface area contributed by atoms with Crippen molar-refractivity contribution in [2.24, 2.45) is 0 Å². The van der Waals surface area contributed by atoms with Crippen molar-refractivity contribution >= 4 is 5.57 Å². The number of rotatable bonds is 7. The van der Waals surface area contributed by atoms with Crippen LogP contribution in [0.15, 0.2) is 78.9 Å². The van der Waals surface area contributed by atoms with E-state index in [-0.39, 0.29) is 23.2 Å². The standard InChI is InChI=1S/C26H28O3/c1-3-19(21-6-12-25(28)13-7-21)17-23(22-8-14-26(29)15-9-22)16-18(2)20-4-10-24(27)11-5-20/h4-16,19,23,27-29H,3,17H2,1-2H3.